The van der Waals surface area contributed by atoms with Crippen LogP contribution < -0.4 is 15.8 Å². The molecule has 0 spiro atoms. The van der Waals surface area contributed by atoms with E-state index in [0.29, 0.717) is 17.2 Å². The summed E-state index contributed by atoms with van der Waals surface area (Å²) in [6.45, 7) is 7.26. The van der Waals surface area contributed by atoms with Crippen LogP contribution in [0.5, 0.6) is 0 Å². The van der Waals surface area contributed by atoms with E-state index in [1.165, 1.54) is 47.6 Å². The monoisotopic (exact) mass is 418 g/mol. The van der Waals surface area contributed by atoms with Gasteiger partial charge in [0.15, 0.2) is 0 Å². The Labute approximate surface area is 174 Å². The van der Waals surface area contributed by atoms with Gasteiger partial charge in [0.25, 0.3) is 5.56 Å². The minimum Gasteiger partial charge on any atom is -0.355 e. The minimum atomic E-state index is -0.158. The van der Waals surface area contributed by atoms with Crippen LogP contribution in [0.1, 0.15) is 44.2 Å². The number of fused-ring (bicyclic) bond motifs is 1. The highest BCUT2D eigenvalue weighted by Gasteiger charge is 2.28. The van der Waals surface area contributed by atoms with Crippen molar-refractivity contribution < 1.29 is 4.79 Å². The second-order valence-corrected chi connectivity index (χ2v) is 9.08. The average molecular weight is 419 g/mol. The molecule has 1 amide bonds. The van der Waals surface area contributed by atoms with Gasteiger partial charge in [0, 0.05) is 37.9 Å². The number of nitrogens with one attached hydrogen (secondary N) is 1. The maximum Gasteiger partial charge on any atom is 0.275 e. The van der Waals surface area contributed by atoms with Gasteiger partial charge in [-0.15, -0.1) is 5.10 Å². The van der Waals surface area contributed by atoms with Gasteiger partial charge in [-0.1, -0.05) is 24.2 Å². The largest absolute Gasteiger partial charge is 0.355 e. The molecule has 2 aromatic rings. The van der Waals surface area contributed by atoms with E-state index in [4.69, 9.17) is 0 Å². The standard InChI is InChI=1S/C20H30N6O2S/c1-15-13-17(27)26-19(22-15)29-20(23-26)25-11-6-7-16(14-25)18(28)21-8-12-24-9-4-2-3-5-10-24/h13,16H,2-12,14H2,1H3,(H,21,28). The Bertz CT molecular complexity index is 902. The van der Waals surface area contributed by atoms with Crippen LogP contribution in [0.4, 0.5) is 5.13 Å². The number of amides is 1. The lowest BCUT2D eigenvalue weighted by Gasteiger charge is -2.31. The van der Waals surface area contributed by atoms with Crippen molar-refractivity contribution in [2.24, 2.45) is 5.92 Å². The van der Waals surface area contributed by atoms with Crippen molar-refractivity contribution in [1.82, 2.24) is 24.8 Å². The first-order valence-corrected chi connectivity index (χ1v) is 11.5. The topological polar surface area (TPSA) is 82.8 Å². The van der Waals surface area contributed by atoms with E-state index in [2.05, 4.69) is 25.2 Å². The molecule has 29 heavy (non-hydrogen) atoms. The molecule has 4 heterocycles. The van der Waals surface area contributed by atoms with Crippen LogP contribution in [-0.2, 0) is 4.79 Å². The Morgan fingerprint density at radius 1 is 1.21 bits per heavy atom. The summed E-state index contributed by atoms with van der Waals surface area (Å²) in [4.78, 5) is 34.4. The third-order valence-electron chi connectivity index (χ3n) is 5.85. The number of aromatic nitrogens is 3. The molecule has 2 fully saturated rings. The molecule has 9 heteroatoms. The van der Waals surface area contributed by atoms with Crippen LogP contribution in [0.25, 0.3) is 4.96 Å². The highest BCUT2D eigenvalue weighted by molar-refractivity contribution is 7.20. The summed E-state index contributed by atoms with van der Waals surface area (Å²) in [6.07, 6.45) is 7.04. The third-order valence-corrected chi connectivity index (χ3v) is 6.82. The zero-order valence-electron chi connectivity index (χ0n) is 17.1. The molecule has 0 saturated carbocycles. The summed E-state index contributed by atoms with van der Waals surface area (Å²) >= 11 is 1.41. The molecule has 2 aliphatic heterocycles. The van der Waals surface area contributed by atoms with E-state index in [-0.39, 0.29) is 17.4 Å². The van der Waals surface area contributed by atoms with Gasteiger partial charge < -0.3 is 15.1 Å². The molecule has 1 atom stereocenters. The SMILES string of the molecule is Cc1cc(=O)n2nc(N3CCCC(C(=O)NCCN4CCCCCC4)C3)sc2n1. The third kappa shape index (κ3) is 4.95. The van der Waals surface area contributed by atoms with Crippen LogP contribution in [0, 0.1) is 12.8 Å². The molecule has 2 aliphatic rings. The van der Waals surface area contributed by atoms with E-state index in [0.717, 1.165) is 50.7 Å². The van der Waals surface area contributed by atoms with Gasteiger partial charge in [0.1, 0.15) is 0 Å². The fraction of sp³-hybridized carbons (Fsp3) is 0.700. The van der Waals surface area contributed by atoms with Crippen molar-refractivity contribution in [2.45, 2.75) is 45.4 Å². The van der Waals surface area contributed by atoms with E-state index in [1.807, 2.05) is 6.92 Å². The highest BCUT2D eigenvalue weighted by Crippen LogP contribution is 2.27. The van der Waals surface area contributed by atoms with E-state index in [9.17, 15) is 9.59 Å². The van der Waals surface area contributed by atoms with Crippen LogP contribution in [-0.4, -0.2) is 64.7 Å². The number of piperidine rings is 1. The Morgan fingerprint density at radius 3 is 2.79 bits per heavy atom. The summed E-state index contributed by atoms with van der Waals surface area (Å²) in [5.74, 6) is 0.100. The minimum absolute atomic E-state index is 0.0358. The normalized spacial score (nSPS) is 21.3. The van der Waals surface area contributed by atoms with Crippen LogP contribution >= 0.6 is 11.3 Å². The number of likely N-dealkylation sites (tertiary alicyclic amines) is 1. The van der Waals surface area contributed by atoms with Gasteiger partial charge in [-0.25, -0.2) is 4.98 Å². The molecule has 158 valence electrons. The second-order valence-electron chi connectivity index (χ2n) is 8.15. The molecule has 1 unspecified atom stereocenters. The predicted octanol–water partition coefficient (Wildman–Crippen LogP) is 1.67. The smallest absolute Gasteiger partial charge is 0.275 e. The molecule has 4 rings (SSSR count). The first kappa shape index (κ1) is 20.3. The van der Waals surface area contributed by atoms with Crippen molar-refractivity contribution in [2.75, 3.05) is 44.2 Å². The molecule has 0 bridgehead atoms. The number of aryl methyl sites for hydroxylation is 1. The number of hydrogen-bond acceptors (Lipinski definition) is 7. The van der Waals surface area contributed by atoms with Crippen molar-refractivity contribution in [3.05, 3.63) is 22.1 Å². The van der Waals surface area contributed by atoms with E-state index < -0.39 is 0 Å². The summed E-state index contributed by atoms with van der Waals surface area (Å²) in [5.41, 5.74) is 0.542. The van der Waals surface area contributed by atoms with Crippen LogP contribution in [0.2, 0.25) is 0 Å². The average Bonchev–Trinajstić information content (AvgIpc) is 2.97. The zero-order chi connectivity index (χ0) is 20.2. The highest BCUT2D eigenvalue weighted by atomic mass is 32.1. The number of rotatable bonds is 5. The summed E-state index contributed by atoms with van der Waals surface area (Å²) in [7, 11) is 0. The molecule has 1 N–H and O–H groups in total. The lowest BCUT2D eigenvalue weighted by Crippen LogP contribution is -2.45. The maximum absolute atomic E-state index is 12.7. The van der Waals surface area contributed by atoms with Gasteiger partial charge in [0.2, 0.25) is 16.0 Å². The molecule has 8 nitrogen and oxygen atoms in total. The fourth-order valence-corrected chi connectivity index (χ4v) is 5.23. The number of carbonyl (C=O) groups excluding carboxylic acids is 1. The van der Waals surface area contributed by atoms with Crippen molar-refractivity contribution >= 4 is 27.3 Å². The fourth-order valence-electron chi connectivity index (χ4n) is 4.24. The summed E-state index contributed by atoms with van der Waals surface area (Å²) in [6, 6.07) is 1.49. The van der Waals surface area contributed by atoms with Gasteiger partial charge in [0.05, 0.1) is 5.92 Å². The molecule has 2 saturated heterocycles. The Morgan fingerprint density at radius 2 is 2.00 bits per heavy atom. The predicted molar refractivity (Wildman–Crippen MR) is 115 cm³/mol. The number of anilines is 1. The lowest BCUT2D eigenvalue weighted by molar-refractivity contribution is -0.125. The Hall–Kier alpha value is -2.00. The summed E-state index contributed by atoms with van der Waals surface area (Å²) < 4.78 is 1.36. The van der Waals surface area contributed by atoms with E-state index >= 15 is 0 Å². The second kappa shape index (κ2) is 9.21. The van der Waals surface area contributed by atoms with Crippen LogP contribution in [0.3, 0.4) is 0 Å². The summed E-state index contributed by atoms with van der Waals surface area (Å²) in [5, 5.41) is 8.36. The van der Waals surface area contributed by atoms with Gasteiger partial charge in [-0.05, 0) is 45.7 Å². The lowest BCUT2D eigenvalue weighted by atomic mass is 9.97. The Balaban J connectivity index is 1.33. The van der Waals surface area contributed by atoms with Crippen molar-refractivity contribution in [1.29, 1.82) is 0 Å². The first-order valence-electron chi connectivity index (χ1n) is 10.7. The van der Waals surface area contributed by atoms with Gasteiger partial charge in [-0.2, -0.15) is 4.52 Å². The number of nitrogens with zero attached hydrogens (tertiary/aromatic N) is 5. The maximum atomic E-state index is 12.7. The molecule has 0 radical (unpaired) electrons. The van der Waals surface area contributed by atoms with E-state index in [1.54, 1.807) is 0 Å². The Kier molecular flexibility index (Phi) is 6.44. The molecule has 0 aromatic carbocycles. The molecular formula is C20H30N6O2S. The zero-order valence-corrected chi connectivity index (χ0v) is 17.9. The van der Waals surface area contributed by atoms with Crippen LogP contribution in [0.15, 0.2) is 10.9 Å². The van der Waals surface area contributed by atoms with Crippen molar-refractivity contribution in [3.63, 3.8) is 0 Å². The number of carbonyl (C=O) groups is 1. The molecular weight excluding hydrogens is 388 g/mol. The van der Waals surface area contributed by atoms with Gasteiger partial charge >= 0.3 is 0 Å². The molecule has 0 aliphatic carbocycles. The number of hydrogen-bond donors (Lipinski definition) is 1. The van der Waals surface area contributed by atoms with Gasteiger partial charge in [-0.3, -0.25) is 9.59 Å². The quantitative estimate of drug-likeness (QED) is 0.795. The first-order chi connectivity index (χ1) is 14.1. The van der Waals surface area contributed by atoms with Crippen molar-refractivity contribution in [3.8, 4) is 0 Å². The molecule has 2 aromatic heterocycles.